The maximum absolute atomic E-state index is 10.8. The molecule has 0 saturated heterocycles. The average molecular weight is 373 g/mol. The summed E-state index contributed by atoms with van der Waals surface area (Å²) in [6.07, 6.45) is 2.96. The second-order valence-electron chi connectivity index (χ2n) is 5.01. The Labute approximate surface area is 146 Å². The van der Waals surface area contributed by atoms with Crippen molar-refractivity contribution < 1.29 is 17.7 Å². The van der Waals surface area contributed by atoms with E-state index in [0.29, 0.717) is 6.54 Å². The minimum Gasteiger partial charge on any atom is -0.748 e. The maximum Gasteiger partial charge on any atom is 0.121 e. The molecule has 0 N–H and O–H groups in total. The third kappa shape index (κ3) is 4.94. The van der Waals surface area contributed by atoms with Gasteiger partial charge in [-0.3, -0.25) is 0 Å². The predicted octanol–water partition coefficient (Wildman–Crippen LogP) is 3.16. The van der Waals surface area contributed by atoms with Gasteiger partial charge < -0.3 is 14.2 Å². The van der Waals surface area contributed by atoms with Crippen LogP contribution in [0.2, 0.25) is 0 Å². The number of fused-ring (bicyclic) bond motifs is 1. The summed E-state index contributed by atoms with van der Waals surface area (Å²) >= 11 is 6.87. The van der Waals surface area contributed by atoms with E-state index in [-0.39, 0.29) is 12.2 Å². The van der Waals surface area contributed by atoms with Gasteiger partial charge in [-0.25, -0.2) is 8.42 Å². The summed E-state index contributed by atoms with van der Waals surface area (Å²) in [5, 5.41) is 0.948. The van der Waals surface area contributed by atoms with Crippen LogP contribution in [0.5, 0.6) is 5.75 Å². The Balaban J connectivity index is 2.27. The summed E-state index contributed by atoms with van der Waals surface area (Å²) in [5.41, 5.74) is 0.947. The number of allylic oxidation sites excluding steroid dienone is 1. The third-order valence-electron chi connectivity index (χ3n) is 3.35. The number of hydrogen-bond acceptors (Lipinski definition) is 7. The minimum absolute atomic E-state index is 0.263. The van der Waals surface area contributed by atoms with Crippen LogP contribution in [-0.4, -0.2) is 37.2 Å². The van der Waals surface area contributed by atoms with E-state index in [2.05, 4.69) is 0 Å². The van der Waals surface area contributed by atoms with Crippen LogP contribution >= 0.6 is 24.0 Å². The van der Waals surface area contributed by atoms with Gasteiger partial charge >= 0.3 is 0 Å². The number of anilines is 1. The van der Waals surface area contributed by atoms with Crippen molar-refractivity contribution in [2.45, 2.75) is 24.7 Å². The zero-order valence-electron chi connectivity index (χ0n) is 12.9. The lowest BCUT2D eigenvalue weighted by Gasteiger charge is -2.21. The van der Waals surface area contributed by atoms with Crippen LogP contribution in [0.15, 0.2) is 34.2 Å². The number of rotatable bonds is 7. The number of thioether (sulfide) groups is 1. The topological polar surface area (TPSA) is 69.7 Å². The van der Waals surface area contributed by atoms with Crippen LogP contribution in [0.1, 0.15) is 19.8 Å². The van der Waals surface area contributed by atoms with Crippen LogP contribution in [-0.2, 0) is 10.1 Å². The largest absolute Gasteiger partial charge is 0.748 e. The average Bonchev–Trinajstić information content (AvgIpc) is 2.82. The molecule has 0 spiro atoms. The molecule has 0 amide bonds. The third-order valence-corrected chi connectivity index (χ3v) is 5.65. The molecule has 23 heavy (non-hydrogen) atoms. The van der Waals surface area contributed by atoms with Gasteiger partial charge in [0, 0.05) is 28.1 Å². The monoisotopic (exact) mass is 372 g/mol. The highest BCUT2D eigenvalue weighted by Gasteiger charge is 2.25. The molecule has 0 aromatic heterocycles. The standard InChI is InChI=1S/C15H19NO4S3/c1-3-12(21)10-15-16(7-4-8-23(17,18)19)13-9-11(20-2)5-6-14(13)22-15/h5-6,9-10H,3-4,7-8H2,1-2H3,(H,17,18,19)/p-1. The van der Waals surface area contributed by atoms with Crippen LogP contribution in [0.25, 0.3) is 0 Å². The zero-order valence-corrected chi connectivity index (χ0v) is 15.4. The molecule has 1 heterocycles. The molecule has 0 fully saturated rings. The number of benzene rings is 1. The first-order valence-corrected chi connectivity index (χ1v) is 9.96. The van der Waals surface area contributed by atoms with Crippen molar-refractivity contribution >= 4 is 44.6 Å². The Bertz CT molecular complexity index is 728. The van der Waals surface area contributed by atoms with Gasteiger partial charge in [-0.2, -0.15) is 0 Å². The molecule has 0 unspecified atom stereocenters. The zero-order chi connectivity index (χ0) is 17.0. The highest BCUT2D eigenvalue weighted by molar-refractivity contribution is 8.03. The molecule has 0 radical (unpaired) electrons. The molecule has 1 aliphatic rings. The van der Waals surface area contributed by atoms with Gasteiger partial charge in [-0.15, -0.1) is 0 Å². The first-order valence-electron chi connectivity index (χ1n) is 7.15. The molecule has 0 bridgehead atoms. The van der Waals surface area contributed by atoms with Crippen LogP contribution in [0, 0.1) is 0 Å². The Kier molecular flexibility index (Phi) is 6.07. The van der Waals surface area contributed by atoms with Crippen molar-refractivity contribution in [1.82, 2.24) is 0 Å². The Morgan fingerprint density at radius 2 is 2.22 bits per heavy atom. The number of methoxy groups -OCH3 is 1. The molecule has 1 aromatic rings. The first kappa shape index (κ1) is 18.3. The second kappa shape index (κ2) is 7.65. The summed E-state index contributed by atoms with van der Waals surface area (Å²) in [6.45, 7) is 2.43. The molecule has 0 atom stereocenters. The van der Waals surface area contributed by atoms with Gasteiger partial charge in [-0.05, 0) is 31.1 Å². The summed E-state index contributed by atoms with van der Waals surface area (Å²) < 4.78 is 37.7. The van der Waals surface area contributed by atoms with Crippen molar-refractivity contribution in [3.05, 3.63) is 29.3 Å². The molecule has 8 heteroatoms. The van der Waals surface area contributed by atoms with E-state index in [9.17, 15) is 13.0 Å². The highest BCUT2D eigenvalue weighted by Crippen LogP contribution is 2.47. The lowest BCUT2D eigenvalue weighted by Crippen LogP contribution is -2.22. The van der Waals surface area contributed by atoms with E-state index in [0.717, 1.165) is 32.6 Å². The fraction of sp³-hybridized carbons (Fsp3) is 0.400. The molecule has 1 aliphatic heterocycles. The van der Waals surface area contributed by atoms with E-state index >= 15 is 0 Å². The molecule has 126 valence electrons. The number of nitrogens with zero attached hydrogens (tertiary/aromatic N) is 1. The first-order chi connectivity index (χ1) is 10.8. The molecular weight excluding hydrogens is 354 g/mol. The fourth-order valence-electron chi connectivity index (χ4n) is 2.19. The van der Waals surface area contributed by atoms with Crippen molar-refractivity contribution in [2.24, 2.45) is 0 Å². The van der Waals surface area contributed by atoms with Crippen LogP contribution < -0.4 is 9.64 Å². The van der Waals surface area contributed by atoms with Gasteiger partial charge in [0.15, 0.2) is 0 Å². The quantitative estimate of drug-likeness (QED) is 0.414. The lowest BCUT2D eigenvalue weighted by atomic mass is 10.2. The highest BCUT2D eigenvalue weighted by atomic mass is 32.2. The van der Waals surface area contributed by atoms with Crippen LogP contribution in [0.4, 0.5) is 5.69 Å². The Hall–Kier alpha value is -1.09. The summed E-state index contributed by atoms with van der Waals surface area (Å²) in [7, 11) is -2.61. The SMILES string of the molecule is CCC(=S)C=C1Sc2ccc(OC)cc2N1CCCS(=O)(=O)[O-]. The minimum atomic E-state index is -4.20. The molecular formula is C15H18NO4S3-. The number of ether oxygens (including phenoxy) is 1. The van der Waals surface area contributed by atoms with Gasteiger partial charge in [0.2, 0.25) is 0 Å². The van der Waals surface area contributed by atoms with Crippen molar-refractivity contribution in [2.75, 3.05) is 24.3 Å². The predicted molar refractivity (Wildman–Crippen MR) is 96.4 cm³/mol. The number of hydrogen-bond donors (Lipinski definition) is 0. The van der Waals surface area contributed by atoms with E-state index in [1.165, 1.54) is 0 Å². The summed E-state index contributed by atoms with van der Waals surface area (Å²) in [6, 6.07) is 5.75. The van der Waals surface area contributed by atoms with E-state index in [4.69, 9.17) is 17.0 Å². The number of thiocarbonyl (C=S) groups is 1. The van der Waals surface area contributed by atoms with E-state index in [1.807, 2.05) is 36.1 Å². The molecule has 0 aliphatic carbocycles. The fourth-order valence-corrected chi connectivity index (χ4v) is 3.99. The van der Waals surface area contributed by atoms with Gasteiger partial charge in [-0.1, -0.05) is 30.9 Å². The maximum atomic E-state index is 10.8. The molecule has 1 aromatic carbocycles. The Morgan fingerprint density at radius 1 is 1.48 bits per heavy atom. The lowest BCUT2D eigenvalue weighted by molar-refractivity contribution is 0.414. The van der Waals surface area contributed by atoms with Crippen molar-refractivity contribution in [3.8, 4) is 5.75 Å². The summed E-state index contributed by atoms with van der Waals surface area (Å²) in [5.74, 6) is 0.351. The van der Waals surface area contributed by atoms with Gasteiger partial charge in [0.1, 0.15) is 5.75 Å². The van der Waals surface area contributed by atoms with Crippen molar-refractivity contribution in [3.63, 3.8) is 0 Å². The normalized spacial score (nSPS) is 15.8. The van der Waals surface area contributed by atoms with Gasteiger partial charge in [0.25, 0.3) is 0 Å². The van der Waals surface area contributed by atoms with E-state index in [1.54, 1.807) is 18.9 Å². The Morgan fingerprint density at radius 3 is 2.83 bits per heavy atom. The molecule has 2 rings (SSSR count). The summed E-state index contributed by atoms with van der Waals surface area (Å²) in [4.78, 5) is 3.88. The molecule has 0 saturated carbocycles. The smallest absolute Gasteiger partial charge is 0.121 e. The second-order valence-corrected chi connectivity index (χ2v) is 8.12. The van der Waals surface area contributed by atoms with Crippen LogP contribution in [0.3, 0.4) is 0 Å². The van der Waals surface area contributed by atoms with E-state index < -0.39 is 10.1 Å². The van der Waals surface area contributed by atoms with Crippen molar-refractivity contribution in [1.29, 1.82) is 0 Å². The molecule has 5 nitrogen and oxygen atoms in total. The van der Waals surface area contributed by atoms with Gasteiger partial charge in [0.05, 0.1) is 27.9 Å².